The highest BCUT2D eigenvalue weighted by Crippen LogP contribution is 2.36. The topological polar surface area (TPSA) is 126 Å². The number of rotatable bonds is 8. The molecule has 3 heterocycles. The Hall–Kier alpha value is -4.38. The van der Waals surface area contributed by atoms with E-state index in [0.717, 1.165) is 17.0 Å². The SMILES string of the molecule is CC(Sc1nnc(-c2ccncc2)n1Cc1ccccc1)c1nnc(-c2ccc([N+](=O)[O-])cc2)o1. The van der Waals surface area contributed by atoms with Crippen LogP contribution in [0.4, 0.5) is 5.69 Å². The van der Waals surface area contributed by atoms with Gasteiger partial charge in [0, 0.05) is 35.7 Å². The van der Waals surface area contributed by atoms with Crippen molar-refractivity contribution in [3.05, 3.63) is 101 Å². The maximum absolute atomic E-state index is 10.9. The summed E-state index contributed by atoms with van der Waals surface area (Å²) >= 11 is 1.46. The molecule has 0 saturated heterocycles. The number of aromatic nitrogens is 6. The zero-order valence-electron chi connectivity index (χ0n) is 18.6. The number of nitro groups is 1. The Labute approximate surface area is 204 Å². The van der Waals surface area contributed by atoms with Gasteiger partial charge in [-0.15, -0.1) is 20.4 Å². The standard InChI is InChI=1S/C24H19N7O3S/c1-16(22-27-28-23(34-22)19-7-9-20(10-8-19)31(32)33)35-24-29-26-21(18-11-13-25-14-12-18)30(24)15-17-5-3-2-4-6-17/h2-14,16H,15H2,1H3. The van der Waals surface area contributed by atoms with E-state index in [1.54, 1.807) is 24.5 Å². The number of nitro benzene ring substituents is 1. The minimum Gasteiger partial charge on any atom is -0.419 e. The number of non-ortho nitro benzene ring substituents is 1. The summed E-state index contributed by atoms with van der Waals surface area (Å²) in [5.41, 5.74) is 2.65. The van der Waals surface area contributed by atoms with Crippen LogP contribution in [-0.2, 0) is 6.54 Å². The van der Waals surface area contributed by atoms with Crippen LogP contribution < -0.4 is 0 Å². The third kappa shape index (κ3) is 4.94. The van der Waals surface area contributed by atoms with E-state index in [9.17, 15) is 10.1 Å². The minimum absolute atomic E-state index is 0.000154. The number of hydrogen-bond acceptors (Lipinski definition) is 9. The van der Waals surface area contributed by atoms with Crippen molar-refractivity contribution in [1.29, 1.82) is 0 Å². The molecule has 2 aromatic carbocycles. The van der Waals surface area contributed by atoms with Gasteiger partial charge in [0.15, 0.2) is 11.0 Å². The Morgan fingerprint density at radius 2 is 1.69 bits per heavy atom. The lowest BCUT2D eigenvalue weighted by atomic mass is 10.2. The molecule has 0 fully saturated rings. The summed E-state index contributed by atoms with van der Waals surface area (Å²) in [5.74, 6) is 1.46. The first kappa shape index (κ1) is 22.4. The lowest BCUT2D eigenvalue weighted by Gasteiger charge is -2.12. The van der Waals surface area contributed by atoms with Gasteiger partial charge in [0.05, 0.1) is 16.7 Å². The molecule has 1 unspecified atom stereocenters. The van der Waals surface area contributed by atoms with Gasteiger partial charge >= 0.3 is 0 Å². The van der Waals surface area contributed by atoms with Crippen LogP contribution in [0.3, 0.4) is 0 Å². The maximum Gasteiger partial charge on any atom is 0.269 e. The Morgan fingerprint density at radius 3 is 2.40 bits per heavy atom. The molecular formula is C24H19N7O3S. The summed E-state index contributed by atoms with van der Waals surface area (Å²) in [6, 6.07) is 19.9. The highest BCUT2D eigenvalue weighted by atomic mass is 32.2. The summed E-state index contributed by atoms with van der Waals surface area (Å²) in [6.07, 6.45) is 3.45. The quantitative estimate of drug-likeness (QED) is 0.166. The van der Waals surface area contributed by atoms with Crippen LogP contribution in [0.15, 0.2) is 88.7 Å². The summed E-state index contributed by atoms with van der Waals surface area (Å²) in [4.78, 5) is 14.5. The van der Waals surface area contributed by atoms with E-state index in [1.807, 2.05) is 37.3 Å². The summed E-state index contributed by atoms with van der Waals surface area (Å²) in [5, 5.41) is 28.6. The van der Waals surface area contributed by atoms with Crippen molar-refractivity contribution in [3.63, 3.8) is 0 Å². The normalized spacial score (nSPS) is 11.9. The Balaban J connectivity index is 1.41. The number of nitrogens with zero attached hydrogens (tertiary/aromatic N) is 7. The molecule has 35 heavy (non-hydrogen) atoms. The molecule has 5 aromatic rings. The van der Waals surface area contributed by atoms with Crippen molar-refractivity contribution in [2.24, 2.45) is 0 Å². The van der Waals surface area contributed by atoms with Gasteiger partial charge in [-0.2, -0.15) is 0 Å². The molecule has 0 amide bonds. The summed E-state index contributed by atoms with van der Waals surface area (Å²) in [6.45, 7) is 2.55. The van der Waals surface area contributed by atoms with Crippen LogP contribution in [0.1, 0.15) is 23.6 Å². The van der Waals surface area contributed by atoms with Gasteiger partial charge in [-0.25, -0.2) is 0 Å². The molecule has 10 nitrogen and oxygen atoms in total. The first-order chi connectivity index (χ1) is 17.1. The fraction of sp³-hybridized carbons (Fsp3) is 0.125. The van der Waals surface area contributed by atoms with E-state index >= 15 is 0 Å². The van der Waals surface area contributed by atoms with Gasteiger partial charge < -0.3 is 4.42 Å². The molecule has 3 aromatic heterocycles. The van der Waals surface area contributed by atoms with E-state index in [0.29, 0.717) is 29.0 Å². The van der Waals surface area contributed by atoms with Crippen molar-refractivity contribution in [3.8, 4) is 22.8 Å². The Bertz CT molecular complexity index is 1440. The largest absolute Gasteiger partial charge is 0.419 e. The molecule has 0 bridgehead atoms. The van der Waals surface area contributed by atoms with E-state index in [-0.39, 0.29) is 10.9 Å². The van der Waals surface area contributed by atoms with E-state index < -0.39 is 4.92 Å². The van der Waals surface area contributed by atoms with Crippen molar-refractivity contribution >= 4 is 17.4 Å². The molecule has 0 aliphatic heterocycles. The molecule has 0 N–H and O–H groups in total. The average Bonchev–Trinajstić information content (AvgIpc) is 3.53. The van der Waals surface area contributed by atoms with E-state index in [4.69, 9.17) is 4.42 Å². The van der Waals surface area contributed by atoms with Crippen molar-refractivity contribution in [1.82, 2.24) is 29.9 Å². The Morgan fingerprint density at radius 1 is 0.943 bits per heavy atom. The molecule has 1 atom stereocenters. The second-order valence-electron chi connectivity index (χ2n) is 7.62. The molecule has 0 aliphatic carbocycles. The van der Waals surface area contributed by atoms with E-state index in [2.05, 4.69) is 42.1 Å². The second-order valence-corrected chi connectivity index (χ2v) is 8.93. The molecular weight excluding hydrogens is 466 g/mol. The Kier molecular flexibility index (Phi) is 6.31. The van der Waals surface area contributed by atoms with Gasteiger partial charge in [0.2, 0.25) is 11.8 Å². The van der Waals surface area contributed by atoms with Crippen LogP contribution in [-0.4, -0.2) is 34.9 Å². The lowest BCUT2D eigenvalue weighted by molar-refractivity contribution is -0.384. The van der Waals surface area contributed by atoms with Crippen LogP contribution in [0.25, 0.3) is 22.8 Å². The second kappa shape index (κ2) is 9.85. The van der Waals surface area contributed by atoms with Gasteiger partial charge in [0.25, 0.3) is 5.69 Å². The summed E-state index contributed by atoms with van der Waals surface area (Å²) in [7, 11) is 0. The molecule has 0 radical (unpaired) electrons. The van der Waals surface area contributed by atoms with E-state index in [1.165, 1.54) is 23.9 Å². The number of hydrogen-bond donors (Lipinski definition) is 0. The van der Waals surface area contributed by atoms with Crippen LogP contribution in [0.2, 0.25) is 0 Å². The fourth-order valence-corrected chi connectivity index (χ4v) is 4.33. The molecule has 0 saturated carbocycles. The molecule has 11 heteroatoms. The minimum atomic E-state index is -0.451. The van der Waals surface area contributed by atoms with Crippen molar-refractivity contribution in [2.75, 3.05) is 0 Å². The van der Waals surface area contributed by atoms with Gasteiger partial charge in [0.1, 0.15) is 0 Å². The first-order valence-corrected chi connectivity index (χ1v) is 11.6. The monoisotopic (exact) mass is 485 g/mol. The fourth-order valence-electron chi connectivity index (χ4n) is 3.45. The predicted molar refractivity (Wildman–Crippen MR) is 129 cm³/mol. The average molecular weight is 486 g/mol. The molecule has 5 rings (SSSR count). The van der Waals surface area contributed by atoms with Crippen LogP contribution in [0, 0.1) is 10.1 Å². The van der Waals surface area contributed by atoms with Gasteiger partial charge in [-0.3, -0.25) is 19.7 Å². The van der Waals surface area contributed by atoms with Gasteiger partial charge in [-0.1, -0.05) is 42.1 Å². The molecule has 0 aliphatic rings. The maximum atomic E-state index is 10.9. The van der Waals surface area contributed by atoms with Gasteiger partial charge in [-0.05, 0) is 36.8 Å². The number of benzene rings is 2. The van der Waals surface area contributed by atoms with Crippen LogP contribution in [0.5, 0.6) is 0 Å². The smallest absolute Gasteiger partial charge is 0.269 e. The zero-order chi connectivity index (χ0) is 24.2. The predicted octanol–water partition coefficient (Wildman–Crippen LogP) is 5.20. The first-order valence-electron chi connectivity index (χ1n) is 10.7. The highest BCUT2D eigenvalue weighted by Gasteiger charge is 2.22. The third-order valence-electron chi connectivity index (χ3n) is 5.23. The van der Waals surface area contributed by atoms with Crippen molar-refractivity contribution in [2.45, 2.75) is 23.9 Å². The summed E-state index contributed by atoms with van der Waals surface area (Å²) < 4.78 is 7.93. The number of pyridine rings is 1. The zero-order valence-corrected chi connectivity index (χ0v) is 19.4. The third-order valence-corrected chi connectivity index (χ3v) is 6.30. The van der Waals surface area contributed by atoms with Crippen LogP contribution >= 0.6 is 11.8 Å². The highest BCUT2D eigenvalue weighted by molar-refractivity contribution is 7.99. The molecule has 0 spiro atoms. The van der Waals surface area contributed by atoms with Crippen molar-refractivity contribution < 1.29 is 9.34 Å². The lowest BCUT2D eigenvalue weighted by Crippen LogP contribution is -2.05. The number of thioether (sulfide) groups is 1. The molecule has 174 valence electrons.